The second kappa shape index (κ2) is 8.54. The summed E-state index contributed by atoms with van der Waals surface area (Å²) in [5, 5.41) is 6.38. The number of amides is 2. The Morgan fingerprint density at radius 3 is 2.83 bits per heavy atom. The molecular weight excluding hydrogens is 412 g/mol. The Hall–Kier alpha value is -3.40. The summed E-state index contributed by atoms with van der Waals surface area (Å²) < 4.78 is 26.7. The lowest BCUT2D eigenvalue weighted by molar-refractivity contribution is -0.146. The van der Waals surface area contributed by atoms with E-state index in [1.807, 2.05) is 12.1 Å². The SMILES string of the molecule is O=C(NCc1ccc(F)cc1F)C(=O)N1CCc2ccc(Nc3cncs3)nc2C1. The lowest BCUT2D eigenvalue weighted by Crippen LogP contribution is -2.45. The minimum atomic E-state index is -0.846. The predicted molar refractivity (Wildman–Crippen MR) is 107 cm³/mol. The van der Waals surface area contributed by atoms with Crippen LogP contribution in [0.15, 0.2) is 42.0 Å². The number of nitrogens with zero attached hydrogens (tertiary/aromatic N) is 3. The number of anilines is 2. The second-order valence-corrected chi connectivity index (χ2v) is 7.57. The molecule has 0 bridgehead atoms. The Kier molecular flexibility index (Phi) is 5.66. The third kappa shape index (κ3) is 4.43. The Balaban J connectivity index is 1.39. The zero-order chi connectivity index (χ0) is 21.1. The molecule has 1 aromatic carbocycles. The number of pyridine rings is 1. The van der Waals surface area contributed by atoms with Crippen LogP contribution in [0.25, 0.3) is 0 Å². The van der Waals surface area contributed by atoms with Gasteiger partial charge >= 0.3 is 11.8 Å². The summed E-state index contributed by atoms with van der Waals surface area (Å²) in [5.41, 5.74) is 3.53. The molecule has 0 saturated heterocycles. The van der Waals surface area contributed by atoms with E-state index in [1.54, 1.807) is 11.7 Å². The van der Waals surface area contributed by atoms with Crippen LogP contribution in [0.1, 0.15) is 16.8 Å². The number of nitrogens with one attached hydrogen (secondary N) is 2. The number of thiazole rings is 1. The van der Waals surface area contributed by atoms with Gasteiger partial charge in [0.25, 0.3) is 0 Å². The number of hydrogen-bond donors (Lipinski definition) is 2. The topological polar surface area (TPSA) is 87.2 Å². The standard InChI is InChI=1S/C20H17F2N5O2S/c21-14-3-1-13(15(22)7-14)8-24-19(28)20(29)27-6-5-12-2-4-17(25-16(12)10-27)26-18-9-23-11-30-18/h1-4,7,9,11H,5-6,8,10H2,(H,24,28)(H,25,26). The molecule has 0 unspecified atom stereocenters. The van der Waals surface area contributed by atoms with Crippen LogP contribution in [0.2, 0.25) is 0 Å². The zero-order valence-corrected chi connectivity index (χ0v) is 16.5. The number of carbonyl (C=O) groups is 2. The average molecular weight is 429 g/mol. The van der Waals surface area contributed by atoms with Crippen LogP contribution in [-0.2, 0) is 29.1 Å². The third-order valence-electron chi connectivity index (χ3n) is 4.68. The molecule has 3 aromatic rings. The molecular formula is C20H17F2N5O2S. The van der Waals surface area contributed by atoms with Gasteiger partial charge in [-0.15, -0.1) is 11.3 Å². The van der Waals surface area contributed by atoms with Gasteiger partial charge in [-0.25, -0.2) is 13.8 Å². The van der Waals surface area contributed by atoms with Crippen molar-refractivity contribution in [3.63, 3.8) is 0 Å². The average Bonchev–Trinajstić information content (AvgIpc) is 3.25. The van der Waals surface area contributed by atoms with Crippen LogP contribution in [0.3, 0.4) is 0 Å². The Morgan fingerprint density at radius 2 is 2.07 bits per heavy atom. The summed E-state index contributed by atoms with van der Waals surface area (Å²) in [7, 11) is 0. The number of hydrogen-bond acceptors (Lipinski definition) is 6. The van der Waals surface area contributed by atoms with Gasteiger partial charge < -0.3 is 15.5 Å². The van der Waals surface area contributed by atoms with Gasteiger partial charge in [-0.3, -0.25) is 14.6 Å². The monoisotopic (exact) mass is 429 g/mol. The van der Waals surface area contributed by atoms with E-state index in [4.69, 9.17) is 0 Å². The Bertz CT molecular complexity index is 1090. The highest BCUT2D eigenvalue weighted by molar-refractivity contribution is 7.13. The van der Waals surface area contributed by atoms with E-state index in [9.17, 15) is 18.4 Å². The molecule has 10 heteroatoms. The molecule has 30 heavy (non-hydrogen) atoms. The van der Waals surface area contributed by atoms with E-state index in [-0.39, 0.29) is 18.7 Å². The van der Waals surface area contributed by atoms with Crippen molar-refractivity contribution in [1.82, 2.24) is 20.2 Å². The van der Waals surface area contributed by atoms with Crippen molar-refractivity contribution in [3.05, 3.63) is 70.5 Å². The molecule has 0 atom stereocenters. The van der Waals surface area contributed by atoms with Crippen molar-refractivity contribution in [3.8, 4) is 0 Å². The fourth-order valence-corrected chi connectivity index (χ4v) is 3.64. The van der Waals surface area contributed by atoms with E-state index >= 15 is 0 Å². The first-order chi connectivity index (χ1) is 14.5. The van der Waals surface area contributed by atoms with E-state index < -0.39 is 23.4 Å². The highest BCUT2D eigenvalue weighted by Crippen LogP contribution is 2.23. The van der Waals surface area contributed by atoms with Crippen molar-refractivity contribution in [1.29, 1.82) is 0 Å². The molecule has 3 heterocycles. The fraction of sp³-hybridized carbons (Fsp3) is 0.200. The first-order valence-electron chi connectivity index (χ1n) is 9.15. The summed E-state index contributed by atoms with van der Waals surface area (Å²) >= 11 is 1.44. The minimum absolute atomic E-state index is 0.0991. The van der Waals surface area contributed by atoms with Crippen molar-refractivity contribution >= 4 is 34.0 Å². The van der Waals surface area contributed by atoms with Gasteiger partial charge in [0.15, 0.2) is 0 Å². The van der Waals surface area contributed by atoms with Gasteiger partial charge in [-0.1, -0.05) is 12.1 Å². The number of benzene rings is 1. The highest BCUT2D eigenvalue weighted by Gasteiger charge is 2.26. The Labute approximate surface area is 174 Å². The van der Waals surface area contributed by atoms with Crippen molar-refractivity contribution in [2.24, 2.45) is 0 Å². The molecule has 0 saturated carbocycles. The van der Waals surface area contributed by atoms with Crippen LogP contribution in [0.5, 0.6) is 0 Å². The number of halogens is 2. The maximum atomic E-state index is 13.7. The second-order valence-electron chi connectivity index (χ2n) is 6.69. The van der Waals surface area contributed by atoms with Crippen molar-refractivity contribution in [2.75, 3.05) is 11.9 Å². The first-order valence-corrected chi connectivity index (χ1v) is 10.0. The van der Waals surface area contributed by atoms with E-state index in [0.29, 0.717) is 24.5 Å². The molecule has 0 fully saturated rings. The molecule has 2 aromatic heterocycles. The van der Waals surface area contributed by atoms with Gasteiger partial charge in [0.05, 0.1) is 23.9 Å². The molecule has 1 aliphatic heterocycles. The largest absolute Gasteiger partial charge is 0.344 e. The minimum Gasteiger partial charge on any atom is -0.344 e. The molecule has 1 aliphatic rings. The van der Waals surface area contributed by atoms with Crippen molar-refractivity contribution in [2.45, 2.75) is 19.5 Å². The highest BCUT2D eigenvalue weighted by atomic mass is 32.1. The molecule has 2 amide bonds. The summed E-state index contributed by atoms with van der Waals surface area (Å²) in [6.45, 7) is 0.375. The van der Waals surface area contributed by atoms with Gasteiger partial charge in [-0.2, -0.15) is 0 Å². The van der Waals surface area contributed by atoms with Crippen LogP contribution in [-0.4, -0.2) is 33.2 Å². The molecule has 0 aliphatic carbocycles. The summed E-state index contributed by atoms with van der Waals surface area (Å²) in [6, 6.07) is 6.87. The first kappa shape index (κ1) is 19.9. The summed E-state index contributed by atoms with van der Waals surface area (Å²) in [6.07, 6.45) is 2.27. The molecule has 4 rings (SSSR count). The van der Waals surface area contributed by atoms with Crippen LogP contribution >= 0.6 is 11.3 Å². The number of carbonyl (C=O) groups excluding carboxylic acids is 2. The number of fused-ring (bicyclic) bond motifs is 1. The van der Waals surface area contributed by atoms with Crippen LogP contribution in [0, 0.1) is 11.6 Å². The van der Waals surface area contributed by atoms with Crippen LogP contribution in [0.4, 0.5) is 19.6 Å². The Morgan fingerprint density at radius 1 is 1.20 bits per heavy atom. The van der Waals surface area contributed by atoms with Crippen LogP contribution < -0.4 is 10.6 Å². The van der Waals surface area contributed by atoms with Gasteiger partial charge in [0, 0.05) is 24.7 Å². The molecule has 2 N–H and O–H groups in total. The molecule has 0 radical (unpaired) electrons. The van der Waals surface area contributed by atoms with E-state index in [1.165, 1.54) is 22.3 Å². The number of aromatic nitrogens is 2. The quantitative estimate of drug-likeness (QED) is 0.623. The predicted octanol–water partition coefficient (Wildman–Crippen LogP) is 2.76. The van der Waals surface area contributed by atoms with Gasteiger partial charge in [0.2, 0.25) is 0 Å². The maximum Gasteiger partial charge on any atom is 0.312 e. The van der Waals surface area contributed by atoms with Gasteiger partial charge in [-0.05, 0) is 24.1 Å². The number of rotatable bonds is 4. The van der Waals surface area contributed by atoms with Crippen molar-refractivity contribution < 1.29 is 18.4 Å². The van der Waals surface area contributed by atoms with E-state index in [2.05, 4.69) is 20.6 Å². The molecule has 7 nitrogen and oxygen atoms in total. The van der Waals surface area contributed by atoms with Gasteiger partial charge in [0.1, 0.15) is 22.5 Å². The smallest absolute Gasteiger partial charge is 0.312 e. The zero-order valence-electron chi connectivity index (χ0n) is 15.7. The third-order valence-corrected chi connectivity index (χ3v) is 5.37. The van der Waals surface area contributed by atoms with E-state index in [0.717, 1.165) is 22.7 Å². The summed E-state index contributed by atoms with van der Waals surface area (Å²) in [5.74, 6) is -2.42. The molecule has 154 valence electrons. The normalized spacial score (nSPS) is 12.9. The summed E-state index contributed by atoms with van der Waals surface area (Å²) in [4.78, 5) is 34.7. The lowest BCUT2D eigenvalue weighted by atomic mass is 10.0. The maximum absolute atomic E-state index is 13.7. The molecule has 0 spiro atoms. The fourth-order valence-electron chi connectivity index (χ4n) is 3.12. The lowest BCUT2D eigenvalue weighted by Gasteiger charge is -2.28.